The standard InChI is InChI=1S/C23H20N2O2S/c1-15(2)16-10-12-18(13-11-16)25-22(26)20(19-9-6-14-28-19)21(23(25)27)24-17-7-4-3-5-8-17/h3-15,24H,1-2H3. The first-order valence-electron chi connectivity index (χ1n) is 9.15. The molecule has 1 N–H and O–H groups in total. The van der Waals surface area contributed by atoms with Crippen LogP contribution in [-0.2, 0) is 9.59 Å². The quantitative estimate of drug-likeness (QED) is 0.606. The molecule has 4 rings (SSSR count). The fourth-order valence-corrected chi connectivity index (χ4v) is 3.97. The lowest BCUT2D eigenvalue weighted by molar-refractivity contribution is -0.120. The van der Waals surface area contributed by atoms with Gasteiger partial charge in [-0.05, 0) is 47.2 Å². The van der Waals surface area contributed by atoms with Crippen LogP contribution in [0.3, 0.4) is 0 Å². The van der Waals surface area contributed by atoms with Crippen LogP contribution in [-0.4, -0.2) is 11.8 Å². The van der Waals surface area contributed by atoms with Crippen molar-refractivity contribution in [2.24, 2.45) is 0 Å². The van der Waals surface area contributed by atoms with Gasteiger partial charge in [-0.2, -0.15) is 0 Å². The number of amides is 2. The van der Waals surface area contributed by atoms with Gasteiger partial charge in [-0.1, -0.05) is 50.2 Å². The first-order chi connectivity index (χ1) is 13.6. The topological polar surface area (TPSA) is 49.4 Å². The van der Waals surface area contributed by atoms with Crippen LogP contribution in [0.2, 0.25) is 0 Å². The highest BCUT2D eigenvalue weighted by Crippen LogP contribution is 2.35. The molecule has 2 amide bonds. The van der Waals surface area contributed by atoms with Crippen molar-refractivity contribution in [1.29, 1.82) is 0 Å². The number of para-hydroxylation sites is 1. The molecular weight excluding hydrogens is 368 g/mol. The van der Waals surface area contributed by atoms with Gasteiger partial charge in [0.05, 0.1) is 11.3 Å². The van der Waals surface area contributed by atoms with Crippen LogP contribution in [0.1, 0.15) is 30.2 Å². The maximum atomic E-state index is 13.2. The minimum absolute atomic E-state index is 0.303. The predicted octanol–water partition coefficient (Wildman–Crippen LogP) is 5.27. The fourth-order valence-electron chi connectivity index (χ4n) is 3.20. The second-order valence-corrected chi connectivity index (χ2v) is 7.86. The largest absolute Gasteiger partial charge is 0.350 e. The van der Waals surface area contributed by atoms with E-state index in [9.17, 15) is 9.59 Å². The van der Waals surface area contributed by atoms with Crippen LogP contribution >= 0.6 is 11.3 Å². The molecule has 0 saturated heterocycles. The number of nitrogens with one attached hydrogen (secondary N) is 1. The van der Waals surface area contributed by atoms with Gasteiger partial charge in [0.25, 0.3) is 11.8 Å². The molecule has 5 heteroatoms. The van der Waals surface area contributed by atoms with Crippen LogP contribution < -0.4 is 10.2 Å². The molecule has 0 atom stereocenters. The summed E-state index contributed by atoms with van der Waals surface area (Å²) in [7, 11) is 0. The van der Waals surface area contributed by atoms with Crippen LogP contribution in [0.25, 0.3) is 5.57 Å². The zero-order valence-corrected chi connectivity index (χ0v) is 16.5. The molecule has 0 bridgehead atoms. The Labute approximate surface area is 168 Å². The smallest absolute Gasteiger partial charge is 0.282 e. The Morgan fingerprint density at radius 1 is 0.857 bits per heavy atom. The summed E-state index contributed by atoms with van der Waals surface area (Å²) in [4.78, 5) is 28.5. The van der Waals surface area contributed by atoms with E-state index in [1.165, 1.54) is 16.2 Å². The highest BCUT2D eigenvalue weighted by molar-refractivity contribution is 7.11. The van der Waals surface area contributed by atoms with E-state index in [-0.39, 0.29) is 11.8 Å². The lowest BCUT2D eigenvalue weighted by atomic mass is 10.0. The van der Waals surface area contributed by atoms with Crippen LogP contribution in [0.15, 0.2) is 77.8 Å². The molecule has 3 aromatic rings. The molecule has 28 heavy (non-hydrogen) atoms. The predicted molar refractivity (Wildman–Crippen MR) is 114 cm³/mol. The van der Waals surface area contributed by atoms with Gasteiger partial charge in [-0.25, -0.2) is 4.90 Å². The van der Waals surface area contributed by atoms with Gasteiger partial charge in [0.1, 0.15) is 5.70 Å². The summed E-state index contributed by atoms with van der Waals surface area (Å²) in [5, 5.41) is 5.07. The van der Waals surface area contributed by atoms with Crippen LogP contribution in [0.5, 0.6) is 0 Å². The Hall–Kier alpha value is -3.18. The van der Waals surface area contributed by atoms with Crippen molar-refractivity contribution in [3.8, 4) is 0 Å². The summed E-state index contributed by atoms with van der Waals surface area (Å²) in [5.74, 6) is -0.258. The number of nitrogens with zero attached hydrogens (tertiary/aromatic N) is 1. The van der Waals surface area contributed by atoms with Crippen molar-refractivity contribution in [1.82, 2.24) is 0 Å². The molecule has 0 fully saturated rings. The third kappa shape index (κ3) is 3.25. The van der Waals surface area contributed by atoms with Crippen molar-refractivity contribution in [2.45, 2.75) is 19.8 Å². The summed E-state index contributed by atoms with van der Waals surface area (Å²) < 4.78 is 0. The van der Waals surface area contributed by atoms with Crippen molar-refractivity contribution in [2.75, 3.05) is 10.2 Å². The van der Waals surface area contributed by atoms with Crippen molar-refractivity contribution < 1.29 is 9.59 Å². The normalized spacial score (nSPS) is 14.3. The zero-order valence-electron chi connectivity index (χ0n) is 15.7. The molecule has 0 aliphatic carbocycles. The van der Waals surface area contributed by atoms with E-state index in [1.807, 2.05) is 72.1 Å². The molecule has 2 heterocycles. The minimum Gasteiger partial charge on any atom is -0.350 e. The highest BCUT2D eigenvalue weighted by Gasteiger charge is 2.40. The summed E-state index contributed by atoms with van der Waals surface area (Å²) in [6, 6.07) is 20.8. The number of carbonyl (C=O) groups excluding carboxylic acids is 2. The summed E-state index contributed by atoms with van der Waals surface area (Å²) in [5.41, 5.74) is 3.24. The van der Waals surface area contributed by atoms with Crippen LogP contribution in [0.4, 0.5) is 11.4 Å². The molecule has 0 saturated carbocycles. The number of rotatable bonds is 5. The second kappa shape index (κ2) is 7.44. The van der Waals surface area contributed by atoms with E-state index in [4.69, 9.17) is 0 Å². The monoisotopic (exact) mass is 388 g/mol. The van der Waals surface area contributed by atoms with Gasteiger partial charge in [-0.3, -0.25) is 9.59 Å². The Morgan fingerprint density at radius 2 is 1.57 bits per heavy atom. The summed E-state index contributed by atoms with van der Waals surface area (Å²) in [6.07, 6.45) is 0. The van der Waals surface area contributed by atoms with E-state index in [2.05, 4.69) is 19.2 Å². The zero-order chi connectivity index (χ0) is 19.7. The van der Waals surface area contributed by atoms with Crippen molar-refractivity contribution in [3.05, 3.63) is 88.2 Å². The molecule has 4 nitrogen and oxygen atoms in total. The molecular formula is C23H20N2O2S. The van der Waals surface area contributed by atoms with Gasteiger partial charge >= 0.3 is 0 Å². The Kier molecular flexibility index (Phi) is 4.84. The van der Waals surface area contributed by atoms with Crippen molar-refractivity contribution >= 4 is 40.1 Å². The Morgan fingerprint density at radius 3 is 2.18 bits per heavy atom. The SMILES string of the molecule is CC(C)c1ccc(N2C(=O)C(Nc3ccccc3)=C(c3cccs3)C2=O)cc1. The molecule has 140 valence electrons. The van der Waals surface area contributed by atoms with E-state index >= 15 is 0 Å². The Balaban J connectivity index is 1.75. The van der Waals surface area contributed by atoms with E-state index in [0.717, 1.165) is 16.1 Å². The minimum atomic E-state index is -0.338. The first-order valence-corrected chi connectivity index (χ1v) is 10.0. The maximum absolute atomic E-state index is 13.2. The third-order valence-electron chi connectivity index (χ3n) is 4.71. The highest BCUT2D eigenvalue weighted by atomic mass is 32.1. The average Bonchev–Trinajstić information content (AvgIpc) is 3.30. The van der Waals surface area contributed by atoms with E-state index < -0.39 is 0 Å². The van der Waals surface area contributed by atoms with Crippen LogP contribution in [0, 0.1) is 0 Å². The van der Waals surface area contributed by atoms with Crippen molar-refractivity contribution in [3.63, 3.8) is 0 Å². The summed E-state index contributed by atoms with van der Waals surface area (Å²) in [6.45, 7) is 4.22. The average molecular weight is 388 g/mol. The molecule has 0 spiro atoms. The fraction of sp³-hybridized carbons (Fsp3) is 0.130. The van der Waals surface area contributed by atoms with E-state index in [1.54, 1.807) is 0 Å². The first kappa shape index (κ1) is 18.2. The maximum Gasteiger partial charge on any atom is 0.282 e. The summed E-state index contributed by atoms with van der Waals surface area (Å²) >= 11 is 1.45. The lowest BCUT2D eigenvalue weighted by Gasteiger charge is -2.16. The van der Waals surface area contributed by atoms with E-state index in [0.29, 0.717) is 22.9 Å². The number of hydrogen-bond acceptors (Lipinski definition) is 4. The Bertz CT molecular complexity index is 1040. The lowest BCUT2D eigenvalue weighted by Crippen LogP contribution is -2.32. The van der Waals surface area contributed by atoms with Gasteiger partial charge in [0.2, 0.25) is 0 Å². The second-order valence-electron chi connectivity index (χ2n) is 6.91. The number of thiophene rings is 1. The molecule has 2 aromatic carbocycles. The number of imide groups is 1. The molecule has 1 aliphatic rings. The molecule has 0 radical (unpaired) electrons. The number of hydrogen-bond donors (Lipinski definition) is 1. The number of anilines is 2. The van der Waals surface area contributed by atoms with Gasteiger partial charge in [0.15, 0.2) is 0 Å². The molecule has 0 unspecified atom stereocenters. The van der Waals surface area contributed by atoms with Gasteiger partial charge in [0, 0.05) is 10.6 Å². The van der Waals surface area contributed by atoms with Gasteiger partial charge in [-0.15, -0.1) is 11.3 Å². The number of carbonyl (C=O) groups is 2. The van der Waals surface area contributed by atoms with Gasteiger partial charge < -0.3 is 5.32 Å². The molecule has 1 aliphatic heterocycles. The third-order valence-corrected chi connectivity index (χ3v) is 5.60. The number of benzene rings is 2. The molecule has 1 aromatic heterocycles.